The van der Waals surface area contributed by atoms with Crippen LogP contribution in [-0.4, -0.2) is 36.5 Å². The summed E-state index contributed by atoms with van der Waals surface area (Å²) < 4.78 is 5.89. The van der Waals surface area contributed by atoms with Crippen LogP contribution in [0.2, 0.25) is 0 Å². The molecule has 1 heterocycles. The van der Waals surface area contributed by atoms with Crippen molar-refractivity contribution in [3.63, 3.8) is 0 Å². The second-order valence-corrected chi connectivity index (χ2v) is 5.35. The number of hydrogen-bond acceptors (Lipinski definition) is 2. The maximum absolute atomic E-state index is 8.38. The number of amidine groups is 1. The van der Waals surface area contributed by atoms with Crippen molar-refractivity contribution >= 4 is 5.84 Å². The molecule has 2 aliphatic rings. The number of hydrogen-bond donors (Lipinski definition) is 1. The molecule has 0 aromatic rings. The van der Waals surface area contributed by atoms with Crippen molar-refractivity contribution in [2.75, 3.05) is 19.7 Å². The Labute approximate surface area is 105 Å². The summed E-state index contributed by atoms with van der Waals surface area (Å²) in [4.78, 5) is 2.23. The van der Waals surface area contributed by atoms with E-state index in [2.05, 4.69) is 4.90 Å². The first kappa shape index (κ1) is 12.9. The van der Waals surface area contributed by atoms with E-state index in [1.807, 2.05) is 6.92 Å². The molecule has 1 unspecified atom stereocenters. The summed E-state index contributed by atoms with van der Waals surface area (Å²) in [7, 11) is 0. The Kier molecular flexibility index (Phi) is 4.84. The average molecular weight is 238 g/mol. The summed E-state index contributed by atoms with van der Waals surface area (Å²) in [5.74, 6) is 1.35. The third-order valence-electron chi connectivity index (χ3n) is 4.14. The Bertz CT molecular complexity index is 243. The maximum atomic E-state index is 8.38. The van der Waals surface area contributed by atoms with E-state index in [1.54, 1.807) is 0 Å². The van der Waals surface area contributed by atoms with E-state index in [0.29, 0.717) is 5.92 Å². The third kappa shape index (κ3) is 3.21. The normalized spacial score (nSPS) is 23.9. The molecule has 1 saturated heterocycles. The van der Waals surface area contributed by atoms with Gasteiger partial charge in [0.15, 0.2) is 0 Å². The summed E-state index contributed by atoms with van der Waals surface area (Å²) in [5.41, 5.74) is 0. The Balaban J connectivity index is 1.96. The number of nitrogens with zero attached hydrogens (tertiary/aromatic N) is 1. The van der Waals surface area contributed by atoms with E-state index in [4.69, 9.17) is 10.1 Å². The van der Waals surface area contributed by atoms with Gasteiger partial charge in [-0.25, -0.2) is 0 Å². The van der Waals surface area contributed by atoms with Gasteiger partial charge in [-0.1, -0.05) is 19.3 Å². The molecular formula is C14H26N2O. The van der Waals surface area contributed by atoms with E-state index >= 15 is 0 Å². The van der Waals surface area contributed by atoms with Crippen molar-refractivity contribution in [3.8, 4) is 0 Å². The van der Waals surface area contributed by atoms with E-state index in [9.17, 15) is 0 Å². The van der Waals surface area contributed by atoms with Crippen LogP contribution in [0.1, 0.15) is 51.9 Å². The smallest absolute Gasteiger partial charge is 0.126 e. The molecule has 1 atom stereocenters. The van der Waals surface area contributed by atoms with Crippen LogP contribution >= 0.6 is 0 Å². The van der Waals surface area contributed by atoms with Gasteiger partial charge in [0.05, 0.1) is 0 Å². The van der Waals surface area contributed by atoms with Crippen molar-refractivity contribution in [1.29, 1.82) is 5.41 Å². The van der Waals surface area contributed by atoms with Crippen molar-refractivity contribution in [1.82, 2.24) is 4.90 Å². The zero-order valence-corrected chi connectivity index (χ0v) is 11.1. The van der Waals surface area contributed by atoms with Gasteiger partial charge in [-0.2, -0.15) is 0 Å². The number of nitrogens with one attached hydrogen (secondary N) is 1. The van der Waals surface area contributed by atoms with E-state index in [-0.39, 0.29) is 6.10 Å². The Morgan fingerprint density at radius 3 is 2.41 bits per heavy atom. The average Bonchev–Trinajstić information content (AvgIpc) is 2.90. The molecule has 0 aromatic carbocycles. The molecule has 3 nitrogen and oxygen atoms in total. The first-order chi connectivity index (χ1) is 8.33. The molecule has 0 bridgehead atoms. The largest absolute Gasteiger partial charge is 0.370 e. The van der Waals surface area contributed by atoms with Crippen LogP contribution in [0, 0.1) is 11.3 Å². The van der Waals surface area contributed by atoms with Crippen molar-refractivity contribution in [3.05, 3.63) is 0 Å². The van der Waals surface area contributed by atoms with Gasteiger partial charge >= 0.3 is 0 Å². The van der Waals surface area contributed by atoms with Gasteiger partial charge < -0.3 is 9.64 Å². The highest BCUT2D eigenvalue weighted by molar-refractivity contribution is 5.84. The predicted molar refractivity (Wildman–Crippen MR) is 70.5 cm³/mol. The molecule has 1 aliphatic heterocycles. The standard InChI is InChI=1S/C14H26N2O/c1-2-17-13(12-8-4-3-5-9-12)14(15)16-10-6-7-11-16/h12-13,15H,2-11H2,1H3. The molecule has 0 spiro atoms. The molecule has 1 saturated carbocycles. The summed E-state index contributed by atoms with van der Waals surface area (Å²) in [6.45, 7) is 4.91. The minimum absolute atomic E-state index is 0.0680. The highest BCUT2D eigenvalue weighted by atomic mass is 16.5. The molecule has 17 heavy (non-hydrogen) atoms. The first-order valence-electron chi connectivity index (χ1n) is 7.28. The van der Waals surface area contributed by atoms with Crippen LogP contribution in [0.4, 0.5) is 0 Å². The highest BCUT2D eigenvalue weighted by Crippen LogP contribution is 2.29. The molecule has 1 aliphatic carbocycles. The fourth-order valence-corrected chi connectivity index (χ4v) is 3.19. The van der Waals surface area contributed by atoms with Crippen LogP contribution in [0.15, 0.2) is 0 Å². The fraction of sp³-hybridized carbons (Fsp3) is 0.929. The lowest BCUT2D eigenvalue weighted by atomic mass is 9.84. The quantitative estimate of drug-likeness (QED) is 0.603. The van der Waals surface area contributed by atoms with Crippen LogP contribution in [0.5, 0.6) is 0 Å². The molecule has 0 radical (unpaired) electrons. The second kappa shape index (κ2) is 6.39. The SMILES string of the molecule is CCOC(C(=N)N1CCCC1)C1CCCCC1. The zero-order chi connectivity index (χ0) is 12.1. The molecule has 0 amide bonds. The molecule has 98 valence electrons. The van der Waals surface area contributed by atoms with E-state index < -0.39 is 0 Å². The Morgan fingerprint density at radius 2 is 1.82 bits per heavy atom. The third-order valence-corrected chi connectivity index (χ3v) is 4.14. The lowest BCUT2D eigenvalue weighted by Gasteiger charge is -2.33. The van der Waals surface area contributed by atoms with Gasteiger partial charge in [-0.3, -0.25) is 5.41 Å². The van der Waals surface area contributed by atoms with Crippen molar-refractivity contribution in [2.24, 2.45) is 5.92 Å². The maximum Gasteiger partial charge on any atom is 0.126 e. The fourth-order valence-electron chi connectivity index (χ4n) is 3.19. The Hall–Kier alpha value is -0.570. The van der Waals surface area contributed by atoms with Crippen LogP contribution in [0.3, 0.4) is 0 Å². The minimum atomic E-state index is 0.0680. The van der Waals surface area contributed by atoms with Crippen molar-refractivity contribution < 1.29 is 4.74 Å². The Morgan fingerprint density at radius 1 is 1.18 bits per heavy atom. The van der Waals surface area contributed by atoms with Gasteiger partial charge in [-0.15, -0.1) is 0 Å². The lowest BCUT2D eigenvalue weighted by Crippen LogP contribution is -2.43. The summed E-state index contributed by atoms with van der Waals surface area (Å²) in [6, 6.07) is 0. The monoisotopic (exact) mass is 238 g/mol. The van der Waals surface area contributed by atoms with Gasteiger partial charge in [0, 0.05) is 19.7 Å². The first-order valence-corrected chi connectivity index (χ1v) is 7.28. The van der Waals surface area contributed by atoms with Crippen LogP contribution in [-0.2, 0) is 4.74 Å². The summed E-state index contributed by atoms with van der Waals surface area (Å²) >= 11 is 0. The molecule has 3 heteroatoms. The number of rotatable bonds is 4. The summed E-state index contributed by atoms with van der Waals surface area (Å²) in [5, 5.41) is 8.38. The minimum Gasteiger partial charge on any atom is -0.370 e. The van der Waals surface area contributed by atoms with Gasteiger partial charge in [0.1, 0.15) is 11.9 Å². The van der Waals surface area contributed by atoms with Gasteiger partial charge in [0.2, 0.25) is 0 Å². The summed E-state index contributed by atoms with van der Waals surface area (Å²) in [6.07, 6.45) is 9.06. The second-order valence-electron chi connectivity index (χ2n) is 5.35. The van der Waals surface area contributed by atoms with Gasteiger partial charge in [-0.05, 0) is 38.5 Å². The highest BCUT2D eigenvalue weighted by Gasteiger charge is 2.31. The van der Waals surface area contributed by atoms with Gasteiger partial charge in [0.25, 0.3) is 0 Å². The van der Waals surface area contributed by atoms with Crippen molar-refractivity contribution in [2.45, 2.75) is 58.0 Å². The zero-order valence-electron chi connectivity index (χ0n) is 11.1. The number of likely N-dealkylation sites (tertiary alicyclic amines) is 1. The van der Waals surface area contributed by atoms with Crippen LogP contribution < -0.4 is 0 Å². The van der Waals surface area contributed by atoms with E-state index in [0.717, 1.165) is 25.5 Å². The molecule has 2 fully saturated rings. The molecule has 2 rings (SSSR count). The molecule has 0 aromatic heterocycles. The predicted octanol–water partition coefficient (Wildman–Crippen LogP) is 3.04. The van der Waals surface area contributed by atoms with E-state index in [1.165, 1.54) is 44.9 Å². The lowest BCUT2D eigenvalue weighted by molar-refractivity contribution is 0.0448. The van der Waals surface area contributed by atoms with Crippen LogP contribution in [0.25, 0.3) is 0 Å². The molecular weight excluding hydrogens is 212 g/mol. The molecule has 1 N–H and O–H groups in total. The number of ether oxygens (including phenoxy) is 1. The topological polar surface area (TPSA) is 36.3 Å².